The minimum Gasteiger partial charge on any atom is -0.401 e. The number of hydrogen-bond acceptors (Lipinski definition) is 8. The van der Waals surface area contributed by atoms with E-state index in [0.717, 1.165) is 36.7 Å². The zero-order chi connectivity index (χ0) is 23.3. The summed E-state index contributed by atoms with van der Waals surface area (Å²) in [6, 6.07) is 3.79. The summed E-state index contributed by atoms with van der Waals surface area (Å²) >= 11 is 0. The lowest BCUT2D eigenvalue weighted by molar-refractivity contribution is 0.375. The molecule has 1 aliphatic heterocycles. The number of fused-ring (bicyclic) bond motifs is 1. The molecule has 1 atom stereocenters. The third kappa shape index (κ3) is 4.18. The fraction of sp³-hybridized carbons (Fsp3) is 0.391. The van der Waals surface area contributed by atoms with E-state index in [2.05, 4.69) is 19.9 Å². The molecule has 3 aromatic rings. The van der Waals surface area contributed by atoms with Crippen LogP contribution in [-0.2, 0) is 0 Å². The van der Waals surface area contributed by atoms with Gasteiger partial charge in [0.25, 0.3) is 0 Å². The summed E-state index contributed by atoms with van der Waals surface area (Å²) in [6.45, 7) is 4.96. The molecule has 0 bridgehead atoms. The molecule has 3 heterocycles. The van der Waals surface area contributed by atoms with Gasteiger partial charge in [0, 0.05) is 48.6 Å². The minimum absolute atomic E-state index is 0.103. The summed E-state index contributed by atoms with van der Waals surface area (Å²) < 4.78 is 28.3. The van der Waals surface area contributed by atoms with Crippen molar-refractivity contribution in [3.05, 3.63) is 53.1 Å². The molecule has 0 amide bonds. The highest BCUT2D eigenvalue weighted by Crippen LogP contribution is 2.32. The van der Waals surface area contributed by atoms with Gasteiger partial charge in [-0.1, -0.05) is 0 Å². The number of benzene rings is 1. The molecule has 1 aliphatic carbocycles. The smallest absolute Gasteiger partial charge is 0.228 e. The summed E-state index contributed by atoms with van der Waals surface area (Å²) in [5.74, 6) is 5.20. The zero-order valence-corrected chi connectivity index (χ0v) is 18.6. The molecule has 10 heteroatoms. The Kier molecular flexibility index (Phi) is 5.32. The third-order valence-electron chi connectivity index (χ3n) is 6.33. The van der Waals surface area contributed by atoms with Gasteiger partial charge in [-0.3, -0.25) is 0 Å². The lowest BCUT2D eigenvalue weighted by Gasteiger charge is -2.20. The Morgan fingerprint density at radius 3 is 2.58 bits per heavy atom. The van der Waals surface area contributed by atoms with Crippen molar-refractivity contribution in [3.8, 4) is 11.3 Å². The quantitative estimate of drug-likeness (QED) is 0.449. The molecule has 0 radical (unpaired) electrons. The van der Waals surface area contributed by atoms with Crippen LogP contribution in [0.1, 0.15) is 30.7 Å². The van der Waals surface area contributed by atoms with E-state index in [0.29, 0.717) is 41.9 Å². The summed E-state index contributed by atoms with van der Waals surface area (Å²) in [5, 5.41) is 1.70. The largest absolute Gasteiger partial charge is 0.401 e. The van der Waals surface area contributed by atoms with Crippen LogP contribution in [0.2, 0.25) is 0 Å². The fourth-order valence-corrected chi connectivity index (χ4v) is 4.08. The van der Waals surface area contributed by atoms with Crippen molar-refractivity contribution in [3.63, 3.8) is 0 Å². The van der Waals surface area contributed by atoms with Crippen LogP contribution in [0, 0.1) is 31.4 Å². The van der Waals surface area contributed by atoms with E-state index < -0.39 is 11.6 Å². The van der Waals surface area contributed by atoms with Crippen molar-refractivity contribution in [2.75, 3.05) is 18.0 Å². The van der Waals surface area contributed by atoms with E-state index >= 15 is 0 Å². The molecule has 1 unspecified atom stereocenters. The molecule has 1 saturated heterocycles. The summed E-state index contributed by atoms with van der Waals surface area (Å²) in [4.78, 5) is 20.4. The number of aromatic nitrogens is 4. The second-order valence-electron chi connectivity index (χ2n) is 8.80. The number of rotatable bonds is 5. The predicted molar refractivity (Wildman–Crippen MR) is 122 cm³/mol. The highest BCUT2D eigenvalue weighted by Gasteiger charge is 2.30. The molecule has 5 rings (SSSR count). The average molecular weight is 453 g/mol. The lowest BCUT2D eigenvalue weighted by Crippen LogP contribution is -2.30. The number of aryl methyl sites for hydroxylation is 2. The maximum absolute atomic E-state index is 14.7. The van der Waals surface area contributed by atoms with Crippen molar-refractivity contribution >= 4 is 17.1 Å². The van der Waals surface area contributed by atoms with Crippen LogP contribution < -0.4 is 16.5 Å². The number of hydrazine groups is 1. The van der Waals surface area contributed by atoms with E-state index in [1.807, 2.05) is 24.9 Å². The number of halogens is 2. The topological polar surface area (TPSA) is 110 Å². The van der Waals surface area contributed by atoms with Gasteiger partial charge in [-0.05, 0) is 45.2 Å². The van der Waals surface area contributed by atoms with Gasteiger partial charge in [0.2, 0.25) is 5.95 Å². The molecule has 8 nitrogen and oxygen atoms in total. The summed E-state index contributed by atoms with van der Waals surface area (Å²) in [7, 11) is 0. The molecule has 33 heavy (non-hydrogen) atoms. The van der Waals surface area contributed by atoms with Gasteiger partial charge in [0.05, 0.1) is 11.4 Å². The van der Waals surface area contributed by atoms with Gasteiger partial charge in [-0.15, -0.1) is 0 Å². The first-order chi connectivity index (χ1) is 15.8. The van der Waals surface area contributed by atoms with Crippen LogP contribution in [0.3, 0.4) is 0 Å². The molecule has 0 spiro atoms. The SMILES string of the molecule is Cc1nc2nc(N3CCC(/C(N)=C/N(N)C4CC4)C3)nc(-c3ccc(F)cc3F)c2nc1C. The van der Waals surface area contributed by atoms with Crippen molar-refractivity contribution in [1.82, 2.24) is 24.9 Å². The van der Waals surface area contributed by atoms with Crippen LogP contribution in [0.15, 0.2) is 30.1 Å². The highest BCUT2D eigenvalue weighted by molar-refractivity contribution is 5.88. The second-order valence-corrected chi connectivity index (χ2v) is 8.80. The van der Waals surface area contributed by atoms with Crippen molar-refractivity contribution in [2.45, 2.75) is 39.2 Å². The van der Waals surface area contributed by atoms with E-state index in [-0.39, 0.29) is 17.2 Å². The van der Waals surface area contributed by atoms with Crippen molar-refractivity contribution in [2.24, 2.45) is 17.5 Å². The standard InChI is InChI=1S/C23H26F2N8/c1-12-13(2)29-22-21(28-12)20(17-6-3-15(24)9-18(17)25)30-23(31-22)32-8-7-14(10-32)19(26)11-33(27)16-4-5-16/h3,6,9,11,14,16H,4-5,7-8,10,26-27H2,1-2H3/b19-11-. The summed E-state index contributed by atoms with van der Waals surface area (Å²) in [5.41, 5.74) is 9.68. The molecule has 2 aliphatic rings. The highest BCUT2D eigenvalue weighted by atomic mass is 19.1. The Labute approximate surface area is 190 Å². The predicted octanol–water partition coefficient (Wildman–Crippen LogP) is 2.95. The Balaban J connectivity index is 1.53. The molecule has 2 fully saturated rings. The average Bonchev–Trinajstić information content (AvgIpc) is 3.51. The fourth-order valence-electron chi connectivity index (χ4n) is 4.08. The third-order valence-corrected chi connectivity index (χ3v) is 6.33. The number of nitrogens with zero attached hydrogens (tertiary/aromatic N) is 6. The van der Waals surface area contributed by atoms with Gasteiger partial charge in [-0.2, -0.15) is 4.98 Å². The molecular weight excluding hydrogens is 426 g/mol. The van der Waals surface area contributed by atoms with E-state index in [1.54, 1.807) is 5.01 Å². The minimum atomic E-state index is -0.712. The van der Waals surface area contributed by atoms with Gasteiger partial charge in [-0.25, -0.2) is 29.6 Å². The van der Waals surface area contributed by atoms with Crippen LogP contribution in [0.25, 0.3) is 22.4 Å². The zero-order valence-electron chi connectivity index (χ0n) is 18.6. The number of nitrogens with two attached hydrogens (primary N) is 2. The van der Waals surface area contributed by atoms with Gasteiger partial charge < -0.3 is 15.6 Å². The second kappa shape index (κ2) is 8.18. The molecule has 172 valence electrons. The Morgan fingerprint density at radius 2 is 1.85 bits per heavy atom. The van der Waals surface area contributed by atoms with Gasteiger partial charge in [0.1, 0.15) is 22.8 Å². The van der Waals surface area contributed by atoms with Gasteiger partial charge in [0.15, 0.2) is 5.65 Å². The van der Waals surface area contributed by atoms with Crippen molar-refractivity contribution < 1.29 is 8.78 Å². The molecule has 4 N–H and O–H groups in total. The summed E-state index contributed by atoms with van der Waals surface area (Å²) in [6.07, 6.45) is 4.82. The maximum Gasteiger partial charge on any atom is 0.228 e. The normalized spacial score (nSPS) is 18.9. The molecule has 2 aromatic heterocycles. The Morgan fingerprint density at radius 1 is 1.09 bits per heavy atom. The maximum atomic E-state index is 14.7. The molecule has 1 saturated carbocycles. The number of hydrogen-bond donors (Lipinski definition) is 2. The van der Waals surface area contributed by atoms with Crippen LogP contribution >= 0.6 is 0 Å². The van der Waals surface area contributed by atoms with Crippen LogP contribution in [0.4, 0.5) is 14.7 Å². The Bertz CT molecular complexity index is 1260. The Hall–Kier alpha value is -3.40. The first-order valence-corrected chi connectivity index (χ1v) is 11.0. The number of anilines is 1. The first-order valence-electron chi connectivity index (χ1n) is 11.0. The van der Waals surface area contributed by atoms with Crippen LogP contribution in [-0.4, -0.2) is 44.1 Å². The van der Waals surface area contributed by atoms with E-state index in [9.17, 15) is 8.78 Å². The molecular formula is C23H26F2N8. The van der Waals surface area contributed by atoms with E-state index in [1.165, 1.54) is 12.1 Å². The van der Waals surface area contributed by atoms with Gasteiger partial charge >= 0.3 is 0 Å². The van der Waals surface area contributed by atoms with Crippen LogP contribution in [0.5, 0.6) is 0 Å². The van der Waals surface area contributed by atoms with E-state index in [4.69, 9.17) is 11.6 Å². The van der Waals surface area contributed by atoms with Crippen molar-refractivity contribution in [1.29, 1.82) is 0 Å². The monoisotopic (exact) mass is 452 g/mol. The first kappa shape index (κ1) is 21.4. The lowest BCUT2D eigenvalue weighted by atomic mass is 10.1. The molecule has 1 aromatic carbocycles.